The molecule has 150 valence electrons. The summed E-state index contributed by atoms with van der Waals surface area (Å²) in [6.45, 7) is 4.22. The maximum atomic E-state index is 13.1. The molecule has 0 spiro atoms. The zero-order chi connectivity index (χ0) is 20.8. The lowest BCUT2D eigenvalue weighted by Crippen LogP contribution is -2.38. The average molecular weight is 395 g/mol. The van der Waals surface area contributed by atoms with Crippen LogP contribution < -0.4 is 15.6 Å². The first-order valence-corrected chi connectivity index (χ1v) is 9.32. The molecular weight excluding hydrogens is 373 g/mol. The van der Waals surface area contributed by atoms with Gasteiger partial charge in [0.05, 0.1) is 5.69 Å². The number of nitrogens with one attached hydrogen (secondary N) is 1. The molecule has 0 unspecified atom stereocenters. The van der Waals surface area contributed by atoms with E-state index < -0.39 is 11.9 Å². The van der Waals surface area contributed by atoms with Gasteiger partial charge in [0.1, 0.15) is 5.82 Å². The van der Waals surface area contributed by atoms with E-state index in [9.17, 15) is 14.0 Å². The monoisotopic (exact) mass is 395 g/mol. The molecule has 3 rings (SSSR count). The third-order valence-corrected chi connectivity index (χ3v) is 4.36. The molecule has 0 fully saturated rings. The van der Waals surface area contributed by atoms with E-state index in [1.165, 1.54) is 36.4 Å². The molecule has 1 aromatic heterocycles. The number of benzene rings is 2. The van der Waals surface area contributed by atoms with Gasteiger partial charge in [-0.25, -0.2) is 4.39 Å². The van der Waals surface area contributed by atoms with E-state index in [2.05, 4.69) is 10.4 Å². The van der Waals surface area contributed by atoms with Crippen molar-refractivity contribution in [2.24, 2.45) is 0 Å². The van der Waals surface area contributed by atoms with Gasteiger partial charge in [0.2, 0.25) is 5.88 Å². The highest BCUT2D eigenvalue weighted by molar-refractivity contribution is 5.81. The molecule has 0 bridgehead atoms. The van der Waals surface area contributed by atoms with Crippen LogP contribution in [-0.4, -0.2) is 21.8 Å². The van der Waals surface area contributed by atoms with Crippen LogP contribution in [0.3, 0.4) is 0 Å². The van der Waals surface area contributed by atoms with E-state index in [0.717, 1.165) is 15.8 Å². The first-order valence-electron chi connectivity index (χ1n) is 9.32. The summed E-state index contributed by atoms with van der Waals surface area (Å²) >= 11 is 0. The number of halogens is 1. The van der Waals surface area contributed by atoms with Gasteiger partial charge >= 0.3 is 0 Å². The van der Waals surface area contributed by atoms with Crippen LogP contribution in [0.2, 0.25) is 0 Å². The van der Waals surface area contributed by atoms with Crippen LogP contribution in [0.1, 0.15) is 24.5 Å². The van der Waals surface area contributed by atoms with Crippen molar-refractivity contribution in [3.05, 3.63) is 88.0 Å². The highest BCUT2D eigenvalue weighted by atomic mass is 19.1. The molecule has 0 saturated carbocycles. The Kier molecular flexibility index (Phi) is 6.39. The number of carbonyl (C=O) groups excluding carboxylic acids is 1. The highest BCUT2D eigenvalue weighted by Crippen LogP contribution is 2.12. The number of ether oxygens (including phenoxy) is 1. The molecule has 29 heavy (non-hydrogen) atoms. The predicted octanol–water partition coefficient (Wildman–Crippen LogP) is 3.15. The van der Waals surface area contributed by atoms with E-state index in [1.807, 2.05) is 38.1 Å². The summed E-state index contributed by atoms with van der Waals surface area (Å²) in [5, 5.41) is 7.00. The fraction of sp³-hybridized carbons (Fsp3) is 0.227. The van der Waals surface area contributed by atoms with Crippen LogP contribution in [0.25, 0.3) is 5.69 Å². The average Bonchev–Trinajstić information content (AvgIpc) is 2.73. The van der Waals surface area contributed by atoms with E-state index >= 15 is 0 Å². The second kappa shape index (κ2) is 9.14. The largest absolute Gasteiger partial charge is 0.463 e. The lowest BCUT2D eigenvalue weighted by molar-refractivity contribution is -0.128. The number of amides is 1. The molecule has 0 saturated heterocycles. The van der Waals surface area contributed by atoms with E-state index in [1.54, 1.807) is 0 Å². The van der Waals surface area contributed by atoms with Crippen molar-refractivity contribution in [3.8, 4) is 11.6 Å². The molecular formula is C22H22FN3O3. The molecule has 3 aromatic rings. The summed E-state index contributed by atoms with van der Waals surface area (Å²) in [5.74, 6) is -0.550. The Morgan fingerprint density at radius 2 is 1.79 bits per heavy atom. The van der Waals surface area contributed by atoms with Gasteiger partial charge in [0, 0.05) is 18.7 Å². The quantitative estimate of drug-likeness (QED) is 0.667. The summed E-state index contributed by atoms with van der Waals surface area (Å²) in [5.41, 5.74) is 2.15. The molecule has 1 N–H and O–H groups in total. The van der Waals surface area contributed by atoms with Gasteiger partial charge in [-0.2, -0.15) is 4.68 Å². The minimum absolute atomic E-state index is 0.131. The number of hydrogen-bond acceptors (Lipinski definition) is 4. The van der Waals surface area contributed by atoms with E-state index in [-0.39, 0.29) is 17.3 Å². The maximum Gasteiger partial charge on any atom is 0.271 e. The van der Waals surface area contributed by atoms with Crippen molar-refractivity contribution in [1.29, 1.82) is 0 Å². The smallest absolute Gasteiger partial charge is 0.271 e. The van der Waals surface area contributed by atoms with Crippen LogP contribution in [0.4, 0.5) is 4.39 Å². The second-order valence-corrected chi connectivity index (χ2v) is 6.62. The topological polar surface area (TPSA) is 73.2 Å². The van der Waals surface area contributed by atoms with Crippen molar-refractivity contribution in [2.45, 2.75) is 32.9 Å². The summed E-state index contributed by atoms with van der Waals surface area (Å²) < 4.78 is 19.9. The number of rotatable bonds is 7. The van der Waals surface area contributed by atoms with Crippen molar-refractivity contribution < 1.29 is 13.9 Å². The lowest BCUT2D eigenvalue weighted by Gasteiger charge is -2.17. The molecule has 0 aliphatic rings. The number of aromatic nitrogens is 2. The Labute approximate surface area is 168 Å². The molecule has 1 atom stereocenters. The highest BCUT2D eigenvalue weighted by Gasteiger charge is 2.19. The molecule has 0 radical (unpaired) electrons. The minimum atomic E-state index is -0.757. The van der Waals surface area contributed by atoms with E-state index in [0.29, 0.717) is 18.7 Å². The first-order chi connectivity index (χ1) is 14.0. The fourth-order valence-electron chi connectivity index (χ4n) is 2.70. The van der Waals surface area contributed by atoms with Crippen LogP contribution in [0.15, 0.2) is 65.5 Å². The Morgan fingerprint density at radius 1 is 1.10 bits per heavy atom. The molecule has 2 aromatic carbocycles. The Balaban J connectivity index is 1.70. The molecule has 0 aliphatic heterocycles. The van der Waals surface area contributed by atoms with Crippen molar-refractivity contribution >= 4 is 5.91 Å². The third kappa shape index (κ3) is 5.28. The molecule has 7 heteroatoms. The zero-order valence-electron chi connectivity index (χ0n) is 16.3. The third-order valence-electron chi connectivity index (χ3n) is 4.36. The van der Waals surface area contributed by atoms with Gasteiger partial charge in [-0.1, -0.05) is 36.8 Å². The molecule has 1 heterocycles. The van der Waals surface area contributed by atoms with Gasteiger partial charge in [-0.3, -0.25) is 9.59 Å². The zero-order valence-corrected chi connectivity index (χ0v) is 16.3. The van der Waals surface area contributed by atoms with Crippen LogP contribution in [0, 0.1) is 12.7 Å². The molecule has 1 amide bonds. The SMILES string of the molecule is CC[C@H](Oc1ccc(=O)n(-c2ccc(F)cc2)n1)C(=O)NCc1ccc(C)cc1. The van der Waals surface area contributed by atoms with E-state index in [4.69, 9.17) is 4.74 Å². The Morgan fingerprint density at radius 3 is 2.45 bits per heavy atom. The first kappa shape index (κ1) is 20.3. The van der Waals surface area contributed by atoms with Gasteiger partial charge in [-0.15, -0.1) is 5.10 Å². The Bertz CT molecular complexity index is 1030. The lowest BCUT2D eigenvalue weighted by atomic mass is 10.1. The van der Waals surface area contributed by atoms with Crippen molar-refractivity contribution in [1.82, 2.24) is 15.1 Å². The maximum absolute atomic E-state index is 13.1. The van der Waals surface area contributed by atoms with Gasteiger partial charge in [0.25, 0.3) is 11.5 Å². The van der Waals surface area contributed by atoms with Crippen LogP contribution in [0.5, 0.6) is 5.88 Å². The standard InChI is InChI=1S/C22H22FN3O3/c1-3-19(22(28)24-14-16-6-4-15(2)5-7-16)29-20-12-13-21(27)26(25-20)18-10-8-17(23)9-11-18/h4-13,19H,3,14H2,1-2H3,(H,24,28)/t19-/m0/s1. The number of hydrogen-bond donors (Lipinski definition) is 1. The van der Waals surface area contributed by atoms with Crippen LogP contribution >= 0.6 is 0 Å². The number of aryl methyl sites for hydroxylation is 1. The van der Waals surface area contributed by atoms with Gasteiger partial charge in [-0.05, 0) is 43.2 Å². The molecule has 6 nitrogen and oxygen atoms in total. The predicted molar refractivity (Wildman–Crippen MR) is 108 cm³/mol. The molecule has 0 aliphatic carbocycles. The number of carbonyl (C=O) groups is 1. The van der Waals surface area contributed by atoms with Crippen molar-refractivity contribution in [2.75, 3.05) is 0 Å². The normalized spacial score (nSPS) is 11.7. The summed E-state index contributed by atoms with van der Waals surface area (Å²) in [6.07, 6.45) is -0.330. The summed E-state index contributed by atoms with van der Waals surface area (Å²) in [7, 11) is 0. The number of nitrogens with zero attached hydrogens (tertiary/aromatic N) is 2. The van der Waals surface area contributed by atoms with Gasteiger partial charge in [0.15, 0.2) is 6.10 Å². The minimum Gasteiger partial charge on any atom is -0.463 e. The fourth-order valence-corrected chi connectivity index (χ4v) is 2.70. The van der Waals surface area contributed by atoms with Crippen molar-refractivity contribution in [3.63, 3.8) is 0 Å². The second-order valence-electron chi connectivity index (χ2n) is 6.62. The Hall–Kier alpha value is -3.48. The summed E-state index contributed by atoms with van der Waals surface area (Å²) in [4.78, 5) is 24.6. The van der Waals surface area contributed by atoms with Crippen LogP contribution in [-0.2, 0) is 11.3 Å². The van der Waals surface area contributed by atoms with Gasteiger partial charge < -0.3 is 10.1 Å². The summed E-state index contributed by atoms with van der Waals surface area (Å²) in [6, 6.07) is 16.0.